The normalized spacial score (nSPS) is 10.4. The van der Waals surface area contributed by atoms with Gasteiger partial charge in [-0.2, -0.15) is 5.10 Å². The van der Waals surface area contributed by atoms with Crippen molar-refractivity contribution in [1.29, 1.82) is 0 Å². The Morgan fingerprint density at radius 3 is 2.86 bits per heavy atom. The van der Waals surface area contributed by atoms with Crippen molar-refractivity contribution in [3.8, 4) is 0 Å². The fourth-order valence-corrected chi connectivity index (χ4v) is 1.19. The van der Waals surface area contributed by atoms with Gasteiger partial charge >= 0.3 is 0 Å². The van der Waals surface area contributed by atoms with E-state index >= 15 is 0 Å². The lowest BCUT2D eigenvalue weighted by Crippen LogP contribution is -2.24. The SMILES string of the molecule is NC(=S)N/N=C/c1cccc(Cl)c1Cl. The lowest BCUT2D eigenvalue weighted by Gasteiger charge is -1.99. The van der Waals surface area contributed by atoms with E-state index in [1.807, 2.05) is 0 Å². The summed E-state index contributed by atoms with van der Waals surface area (Å²) in [6, 6.07) is 5.25. The van der Waals surface area contributed by atoms with Crippen LogP contribution in [0.5, 0.6) is 0 Å². The van der Waals surface area contributed by atoms with Gasteiger partial charge in [0, 0.05) is 5.56 Å². The largest absolute Gasteiger partial charge is 0.375 e. The van der Waals surface area contributed by atoms with E-state index in [1.54, 1.807) is 18.2 Å². The van der Waals surface area contributed by atoms with Gasteiger partial charge in [0.15, 0.2) is 5.11 Å². The molecule has 0 aliphatic carbocycles. The van der Waals surface area contributed by atoms with Gasteiger partial charge in [-0.25, -0.2) is 0 Å². The summed E-state index contributed by atoms with van der Waals surface area (Å²) >= 11 is 16.2. The molecular formula is C8H7Cl2N3S. The van der Waals surface area contributed by atoms with Gasteiger partial charge in [-0.1, -0.05) is 35.3 Å². The third-order valence-corrected chi connectivity index (χ3v) is 2.28. The van der Waals surface area contributed by atoms with Gasteiger partial charge in [0.2, 0.25) is 0 Å². The second-order valence-electron chi connectivity index (χ2n) is 2.38. The minimum Gasteiger partial charge on any atom is -0.375 e. The first kappa shape index (κ1) is 11.2. The van der Waals surface area contributed by atoms with Crippen LogP contribution in [0.15, 0.2) is 23.3 Å². The van der Waals surface area contributed by atoms with E-state index in [4.69, 9.17) is 28.9 Å². The van der Waals surface area contributed by atoms with E-state index in [-0.39, 0.29) is 5.11 Å². The molecular weight excluding hydrogens is 241 g/mol. The summed E-state index contributed by atoms with van der Waals surface area (Å²) in [5.74, 6) is 0. The molecule has 0 aliphatic rings. The standard InChI is InChI=1S/C8H7Cl2N3S/c9-6-3-1-2-5(7(6)10)4-12-13-8(11)14/h1-4H,(H3,11,13,14)/b12-4+. The number of halogens is 2. The van der Waals surface area contributed by atoms with E-state index in [1.165, 1.54) is 6.21 Å². The number of nitrogens with one attached hydrogen (secondary N) is 1. The fraction of sp³-hybridized carbons (Fsp3) is 0. The van der Waals surface area contributed by atoms with Crippen molar-refractivity contribution in [1.82, 2.24) is 5.43 Å². The average Bonchev–Trinajstić information content (AvgIpc) is 2.12. The smallest absolute Gasteiger partial charge is 0.184 e. The summed E-state index contributed by atoms with van der Waals surface area (Å²) in [6.45, 7) is 0. The molecule has 3 nitrogen and oxygen atoms in total. The van der Waals surface area contributed by atoms with Gasteiger partial charge in [0.1, 0.15) is 0 Å². The predicted octanol–water partition coefficient (Wildman–Crippen LogP) is 2.16. The quantitative estimate of drug-likeness (QED) is 0.479. The molecule has 0 unspecified atom stereocenters. The topological polar surface area (TPSA) is 50.4 Å². The molecule has 1 aromatic rings. The predicted molar refractivity (Wildman–Crippen MR) is 64.0 cm³/mol. The second kappa shape index (κ2) is 5.14. The average molecular weight is 248 g/mol. The van der Waals surface area contributed by atoms with Gasteiger partial charge < -0.3 is 5.73 Å². The van der Waals surface area contributed by atoms with Gasteiger partial charge in [-0.3, -0.25) is 5.43 Å². The van der Waals surface area contributed by atoms with Gasteiger partial charge in [0.25, 0.3) is 0 Å². The fourth-order valence-electron chi connectivity index (χ4n) is 0.786. The molecule has 0 fully saturated rings. The monoisotopic (exact) mass is 247 g/mol. The molecule has 0 heterocycles. The number of benzene rings is 1. The minimum atomic E-state index is 0.0967. The van der Waals surface area contributed by atoms with Crippen molar-refractivity contribution < 1.29 is 0 Å². The van der Waals surface area contributed by atoms with Gasteiger partial charge in [0.05, 0.1) is 16.3 Å². The first-order chi connectivity index (χ1) is 6.61. The highest BCUT2D eigenvalue weighted by Gasteiger charge is 2.00. The molecule has 74 valence electrons. The molecule has 0 saturated heterocycles. The van der Waals surface area contributed by atoms with Crippen molar-refractivity contribution in [3.05, 3.63) is 33.8 Å². The van der Waals surface area contributed by atoms with Crippen molar-refractivity contribution in [2.45, 2.75) is 0 Å². The molecule has 0 atom stereocenters. The molecule has 0 saturated carbocycles. The van der Waals surface area contributed by atoms with Crippen LogP contribution in [-0.2, 0) is 0 Å². The van der Waals surface area contributed by atoms with Crippen LogP contribution in [0.1, 0.15) is 5.56 Å². The van der Waals surface area contributed by atoms with Crippen LogP contribution < -0.4 is 11.2 Å². The van der Waals surface area contributed by atoms with Crippen molar-refractivity contribution in [2.24, 2.45) is 10.8 Å². The van der Waals surface area contributed by atoms with Crippen molar-refractivity contribution in [2.75, 3.05) is 0 Å². The maximum atomic E-state index is 5.89. The van der Waals surface area contributed by atoms with Crippen LogP contribution >= 0.6 is 35.4 Å². The van der Waals surface area contributed by atoms with Gasteiger partial charge in [-0.05, 0) is 18.3 Å². The Labute approximate surface area is 96.9 Å². The molecule has 14 heavy (non-hydrogen) atoms. The maximum Gasteiger partial charge on any atom is 0.184 e. The summed E-state index contributed by atoms with van der Waals surface area (Å²) in [4.78, 5) is 0. The molecule has 3 N–H and O–H groups in total. The lowest BCUT2D eigenvalue weighted by molar-refractivity contribution is 1.04. The van der Waals surface area contributed by atoms with Crippen LogP contribution in [0.25, 0.3) is 0 Å². The summed E-state index contributed by atoms with van der Waals surface area (Å²) in [7, 11) is 0. The Kier molecular flexibility index (Phi) is 4.13. The summed E-state index contributed by atoms with van der Waals surface area (Å²) in [5, 5.41) is 4.78. The summed E-state index contributed by atoms with van der Waals surface area (Å²) < 4.78 is 0. The zero-order chi connectivity index (χ0) is 10.6. The number of hydrazone groups is 1. The van der Waals surface area contributed by atoms with Crippen LogP contribution in [0.2, 0.25) is 10.0 Å². The maximum absolute atomic E-state index is 5.89. The van der Waals surface area contributed by atoms with Crippen LogP contribution in [0.4, 0.5) is 0 Å². The molecule has 0 spiro atoms. The van der Waals surface area contributed by atoms with Crippen LogP contribution in [-0.4, -0.2) is 11.3 Å². The van der Waals surface area contributed by atoms with E-state index < -0.39 is 0 Å². The highest BCUT2D eigenvalue weighted by atomic mass is 35.5. The van der Waals surface area contributed by atoms with Gasteiger partial charge in [-0.15, -0.1) is 0 Å². The third-order valence-electron chi connectivity index (χ3n) is 1.36. The van der Waals surface area contributed by atoms with Crippen molar-refractivity contribution >= 4 is 46.7 Å². The molecule has 0 aliphatic heterocycles. The molecule has 6 heteroatoms. The Bertz CT molecular complexity index is 379. The van der Waals surface area contributed by atoms with E-state index in [0.29, 0.717) is 15.6 Å². The third kappa shape index (κ3) is 3.14. The highest BCUT2D eigenvalue weighted by molar-refractivity contribution is 7.80. The highest BCUT2D eigenvalue weighted by Crippen LogP contribution is 2.23. The summed E-state index contributed by atoms with van der Waals surface area (Å²) in [6.07, 6.45) is 1.49. The number of nitrogens with zero attached hydrogens (tertiary/aromatic N) is 1. The molecule has 0 aromatic heterocycles. The number of thiocarbonyl (C=S) groups is 1. The van der Waals surface area contributed by atoms with E-state index in [2.05, 4.69) is 22.7 Å². The van der Waals surface area contributed by atoms with Crippen molar-refractivity contribution in [3.63, 3.8) is 0 Å². The molecule has 1 rings (SSSR count). The molecule has 0 radical (unpaired) electrons. The molecule has 0 bridgehead atoms. The zero-order valence-electron chi connectivity index (χ0n) is 7.00. The molecule has 1 aromatic carbocycles. The molecule has 0 amide bonds. The number of hydrogen-bond acceptors (Lipinski definition) is 2. The minimum absolute atomic E-state index is 0.0967. The van der Waals surface area contributed by atoms with Crippen LogP contribution in [0.3, 0.4) is 0 Å². The second-order valence-corrected chi connectivity index (χ2v) is 3.60. The Balaban J connectivity index is 2.81. The number of nitrogens with two attached hydrogens (primary N) is 1. The Morgan fingerprint density at radius 2 is 2.21 bits per heavy atom. The Morgan fingerprint density at radius 1 is 1.50 bits per heavy atom. The zero-order valence-corrected chi connectivity index (χ0v) is 9.33. The summed E-state index contributed by atoms with van der Waals surface area (Å²) in [5.41, 5.74) is 8.29. The first-order valence-corrected chi connectivity index (χ1v) is 4.80. The van der Waals surface area contributed by atoms with E-state index in [9.17, 15) is 0 Å². The first-order valence-electron chi connectivity index (χ1n) is 3.64. The number of rotatable bonds is 2. The Hall–Kier alpha value is -0.840. The lowest BCUT2D eigenvalue weighted by atomic mass is 10.2. The van der Waals surface area contributed by atoms with E-state index in [0.717, 1.165) is 0 Å². The number of hydrogen-bond donors (Lipinski definition) is 2. The van der Waals surface area contributed by atoms with Crippen LogP contribution in [0, 0.1) is 0 Å².